The molecule has 1 N–H and O–H groups in total. The third-order valence-corrected chi connectivity index (χ3v) is 4.44. The van der Waals surface area contributed by atoms with Crippen molar-refractivity contribution in [2.45, 2.75) is 6.61 Å². The Bertz CT molecular complexity index is 916. The Morgan fingerprint density at radius 1 is 1.14 bits per heavy atom. The minimum absolute atomic E-state index is 0.194. The van der Waals surface area contributed by atoms with Crippen LogP contribution in [0.4, 0.5) is 4.79 Å². The van der Waals surface area contributed by atoms with E-state index in [9.17, 15) is 14.4 Å². The first-order valence-corrected chi connectivity index (χ1v) is 9.16. The maximum Gasteiger partial charge on any atom is 0.338 e. The van der Waals surface area contributed by atoms with Gasteiger partial charge < -0.3 is 19.5 Å². The number of hydrogen-bond acceptors (Lipinski definition) is 6. The van der Waals surface area contributed by atoms with E-state index in [-0.39, 0.29) is 12.1 Å². The van der Waals surface area contributed by atoms with Crippen LogP contribution in [-0.4, -0.2) is 49.6 Å². The zero-order chi connectivity index (χ0) is 20.8. The highest BCUT2D eigenvalue weighted by atomic mass is 35.5. The second-order valence-electron chi connectivity index (χ2n) is 6.13. The van der Waals surface area contributed by atoms with Gasteiger partial charge in [0.05, 0.1) is 12.7 Å². The number of nitrogens with zero attached hydrogens (tertiary/aromatic N) is 1. The highest BCUT2D eigenvalue weighted by molar-refractivity contribution is 6.30. The van der Waals surface area contributed by atoms with Crippen molar-refractivity contribution >= 4 is 29.5 Å². The van der Waals surface area contributed by atoms with E-state index in [1.807, 2.05) is 12.1 Å². The number of esters is 1. The van der Waals surface area contributed by atoms with E-state index < -0.39 is 24.5 Å². The van der Waals surface area contributed by atoms with Crippen LogP contribution in [0.5, 0.6) is 11.5 Å². The Labute approximate surface area is 172 Å². The monoisotopic (exact) mass is 418 g/mol. The summed E-state index contributed by atoms with van der Waals surface area (Å²) in [4.78, 5) is 36.6. The Hall–Kier alpha value is -3.26. The van der Waals surface area contributed by atoms with Crippen LogP contribution in [0.3, 0.4) is 0 Å². The van der Waals surface area contributed by atoms with Crippen molar-refractivity contribution in [1.82, 2.24) is 10.2 Å². The second-order valence-corrected chi connectivity index (χ2v) is 6.57. The minimum Gasteiger partial charge on any atom is -0.493 e. The van der Waals surface area contributed by atoms with Crippen LogP contribution in [0.15, 0.2) is 42.5 Å². The largest absolute Gasteiger partial charge is 0.493 e. The summed E-state index contributed by atoms with van der Waals surface area (Å²) < 4.78 is 16.0. The van der Waals surface area contributed by atoms with E-state index >= 15 is 0 Å². The molecule has 2 aromatic rings. The van der Waals surface area contributed by atoms with Crippen molar-refractivity contribution in [3.05, 3.63) is 58.6 Å². The number of rotatable bonds is 7. The summed E-state index contributed by atoms with van der Waals surface area (Å²) in [5.41, 5.74) is 1.11. The third-order valence-electron chi connectivity index (χ3n) is 4.19. The molecule has 1 aliphatic heterocycles. The number of benzene rings is 2. The maximum absolute atomic E-state index is 12.2. The topological polar surface area (TPSA) is 94.2 Å². The fourth-order valence-electron chi connectivity index (χ4n) is 2.65. The van der Waals surface area contributed by atoms with E-state index in [4.69, 9.17) is 25.8 Å². The molecule has 29 heavy (non-hydrogen) atoms. The van der Waals surface area contributed by atoms with Gasteiger partial charge in [-0.15, -0.1) is 0 Å². The molecule has 0 aliphatic carbocycles. The zero-order valence-corrected chi connectivity index (χ0v) is 16.4. The number of ether oxygens (including phenoxy) is 3. The third kappa shape index (κ3) is 5.17. The number of hydrogen-bond donors (Lipinski definition) is 1. The lowest BCUT2D eigenvalue weighted by Gasteiger charge is -2.13. The summed E-state index contributed by atoms with van der Waals surface area (Å²) in [6, 6.07) is 11.3. The summed E-state index contributed by atoms with van der Waals surface area (Å²) in [5, 5.41) is 3.14. The Kier molecular flexibility index (Phi) is 6.56. The molecule has 1 aliphatic rings. The van der Waals surface area contributed by atoms with Gasteiger partial charge >= 0.3 is 12.0 Å². The van der Waals surface area contributed by atoms with Gasteiger partial charge in [0.15, 0.2) is 18.1 Å². The number of carbonyl (C=O) groups excluding carboxylic acids is 3. The molecule has 1 saturated heterocycles. The lowest BCUT2D eigenvalue weighted by atomic mass is 10.2. The molecule has 0 saturated carbocycles. The van der Waals surface area contributed by atoms with Crippen LogP contribution < -0.4 is 14.8 Å². The number of carbonyl (C=O) groups is 3. The van der Waals surface area contributed by atoms with E-state index in [2.05, 4.69) is 5.32 Å². The highest BCUT2D eigenvalue weighted by Crippen LogP contribution is 2.29. The number of imide groups is 1. The van der Waals surface area contributed by atoms with Crippen molar-refractivity contribution in [2.75, 3.05) is 26.8 Å². The van der Waals surface area contributed by atoms with Crippen molar-refractivity contribution < 1.29 is 28.6 Å². The lowest BCUT2D eigenvalue weighted by molar-refractivity contribution is -0.130. The Balaban J connectivity index is 1.59. The number of urea groups is 1. The molecular formula is C20H19ClN2O6. The molecule has 0 bridgehead atoms. The smallest absolute Gasteiger partial charge is 0.338 e. The average Bonchev–Trinajstić information content (AvgIpc) is 3.17. The number of nitrogens with one attached hydrogen (secondary N) is 1. The highest BCUT2D eigenvalue weighted by Gasteiger charge is 2.27. The van der Waals surface area contributed by atoms with Gasteiger partial charge in [-0.1, -0.05) is 23.7 Å². The summed E-state index contributed by atoms with van der Waals surface area (Å²) in [6.07, 6.45) is 0. The summed E-state index contributed by atoms with van der Waals surface area (Å²) in [5.74, 6) is -0.494. The van der Waals surface area contributed by atoms with Crippen LogP contribution in [0.2, 0.25) is 5.02 Å². The molecule has 3 rings (SSSR count). The minimum atomic E-state index is -0.708. The fourth-order valence-corrected chi connectivity index (χ4v) is 2.78. The predicted octanol–water partition coefficient (Wildman–Crippen LogP) is 2.64. The number of methoxy groups -OCH3 is 1. The van der Waals surface area contributed by atoms with E-state index in [0.29, 0.717) is 29.7 Å². The van der Waals surface area contributed by atoms with Crippen molar-refractivity contribution in [3.63, 3.8) is 0 Å². The lowest BCUT2D eigenvalue weighted by Crippen LogP contribution is -2.37. The molecule has 0 spiro atoms. The molecule has 0 radical (unpaired) electrons. The van der Waals surface area contributed by atoms with Gasteiger partial charge in [0, 0.05) is 18.1 Å². The van der Waals surface area contributed by atoms with Crippen LogP contribution in [-0.2, 0) is 16.1 Å². The maximum atomic E-state index is 12.2. The summed E-state index contributed by atoms with van der Waals surface area (Å²) >= 11 is 5.86. The summed E-state index contributed by atoms with van der Waals surface area (Å²) in [6.45, 7) is 0.406. The molecule has 1 fully saturated rings. The van der Waals surface area contributed by atoms with Crippen LogP contribution in [0, 0.1) is 0 Å². The quantitative estimate of drug-likeness (QED) is 0.695. The zero-order valence-electron chi connectivity index (χ0n) is 15.6. The van der Waals surface area contributed by atoms with Gasteiger partial charge in [-0.05, 0) is 35.9 Å². The molecular weight excluding hydrogens is 400 g/mol. The van der Waals surface area contributed by atoms with Gasteiger partial charge in [0.2, 0.25) is 0 Å². The van der Waals surface area contributed by atoms with Crippen molar-refractivity contribution in [3.8, 4) is 11.5 Å². The SMILES string of the molecule is COc1cc(C(=O)OCC(=O)N2CCNC2=O)ccc1OCc1ccc(Cl)cc1. The molecule has 0 aromatic heterocycles. The normalized spacial score (nSPS) is 13.0. The molecule has 0 unspecified atom stereocenters. The predicted molar refractivity (Wildman–Crippen MR) is 104 cm³/mol. The first-order valence-electron chi connectivity index (χ1n) is 8.78. The Morgan fingerprint density at radius 3 is 2.55 bits per heavy atom. The van der Waals surface area contributed by atoms with Gasteiger partial charge in [0.1, 0.15) is 6.61 Å². The molecule has 2 aromatic carbocycles. The molecule has 9 heteroatoms. The standard InChI is InChI=1S/C20H19ClN2O6/c1-27-17-10-14(19(25)29-12-18(24)23-9-8-22-20(23)26)4-7-16(17)28-11-13-2-5-15(21)6-3-13/h2-7,10H,8-9,11-12H2,1H3,(H,22,26). The molecule has 1 heterocycles. The first kappa shape index (κ1) is 20.5. The van der Waals surface area contributed by atoms with Gasteiger partial charge in [-0.2, -0.15) is 0 Å². The van der Waals surface area contributed by atoms with Gasteiger partial charge in [-0.3, -0.25) is 9.69 Å². The number of halogens is 1. The van der Waals surface area contributed by atoms with Crippen LogP contribution >= 0.6 is 11.6 Å². The van der Waals surface area contributed by atoms with E-state index in [1.165, 1.54) is 19.2 Å². The Morgan fingerprint density at radius 2 is 1.90 bits per heavy atom. The van der Waals surface area contributed by atoms with Crippen molar-refractivity contribution in [2.24, 2.45) is 0 Å². The average molecular weight is 419 g/mol. The van der Waals surface area contributed by atoms with Crippen LogP contribution in [0.25, 0.3) is 0 Å². The second kappa shape index (κ2) is 9.29. The van der Waals surface area contributed by atoms with E-state index in [1.54, 1.807) is 18.2 Å². The molecule has 8 nitrogen and oxygen atoms in total. The van der Waals surface area contributed by atoms with Crippen LogP contribution in [0.1, 0.15) is 15.9 Å². The molecule has 152 valence electrons. The molecule has 0 atom stereocenters. The fraction of sp³-hybridized carbons (Fsp3) is 0.250. The first-order chi connectivity index (χ1) is 14.0. The van der Waals surface area contributed by atoms with Gasteiger partial charge in [0.25, 0.3) is 5.91 Å². The van der Waals surface area contributed by atoms with E-state index in [0.717, 1.165) is 10.5 Å². The number of amides is 3. The van der Waals surface area contributed by atoms with Gasteiger partial charge in [-0.25, -0.2) is 9.59 Å². The summed E-state index contributed by atoms with van der Waals surface area (Å²) in [7, 11) is 1.45. The van der Waals surface area contributed by atoms with Crippen molar-refractivity contribution in [1.29, 1.82) is 0 Å². The molecule has 3 amide bonds.